The van der Waals surface area contributed by atoms with Crippen molar-refractivity contribution in [3.63, 3.8) is 0 Å². The Kier molecular flexibility index (Phi) is 2.18. The summed E-state index contributed by atoms with van der Waals surface area (Å²) in [5.41, 5.74) is 0.493. The molecule has 0 aliphatic rings. The Morgan fingerprint density at radius 3 is 3.15 bits per heavy atom. The molecule has 13 heavy (non-hydrogen) atoms. The monoisotopic (exact) mass is 193 g/mol. The van der Waals surface area contributed by atoms with Gasteiger partial charge < -0.3 is 0 Å². The largest absolute Gasteiger partial charge is 0.296 e. The van der Waals surface area contributed by atoms with Gasteiger partial charge in [-0.1, -0.05) is 0 Å². The highest BCUT2D eigenvalue weighted by Crippen LogP contribution is 2.09. The van der Waals surface area contributed by atoms with Crippen molar-refractivity contribution in [1.82, 2.24) is 14.8 Å². The Hall–Kier alpha value is -1.49. The minimum absolute atomic E-state index is 0.493. The topological polar surface area (TPSA) is 47.8 Å². The van der Waals surface area contributed by atoms with Crippen LogP contribution in [0, 0.1) is 0 Å². The number of carbonyl (C=O) groups is 1. The lowest BCUT2D eigenvalue weighted by atomic mass is 10.5. The van der Waals surface area contributed by atoms with Gasteiger partial charge >= 0.3 is 0 Å². The quantitative estimate of drug-likeness (QED) is 0.688. The molecule has 0 radical (unpaired) electrons. The molecule has 66 valence electrons. The Morgan fingerprint density at radius 1 is 1.62 bits per heavy atom. The van der Waals surface area contributed by atoms with E-state index in [2.05, 4.69) is 10.1 Å². The fourth-order valence-electron chi connectivity index (χ4n) is 0.984. The molecule has 0 spiro atoms. The maximum atomic E-state index is 10.3. The Balaban J connectivity index is 2.14. The van der Waals surface area contributed by atoms with Gasteiger partial charge in [0.15, 0.2) is 6.29 Å². The average molecular weight is 193 g/mol. The van der Waals surface area contributed by atoms with Crippen molar-refractivity contribution in [2.45, 2.75) is 6.54 Å². The van der Waals surface area contributed by atoms with E-state index in [1.165, 1.54) is 11.3 Å². The second-order valence-electron chi connectivity index (χ2n) is 2.49. The summed E-state index contributed by atoms with van der Waals surface area (Å²) in [6, 6.07) is 1.86. The molecule has 2 heterocycles. The first-order chi connectivity index (χ1) is 6.38. The van der Waals surface area contributed by atoms with Gasteiger partial charge in [-0.25, -0.2) is 4.98 Å². The zero-order valence-corrected chi connectivity index (χ0v) is 7.57. The molecule has 5 heteroatoms. The van der Waals surface area contributed by atoms with Crippen molar-refractivity contribution >= 4 is 17.6 Å². The zero-order valence-electron chi connectivity index (χ0n) is 6.75. The van der Waals surface area contributed by atoms with Crippen LogP contribution in [0.25, 0.3) is 0 Å². The second kappa shape index (κ2) is 3.49. The van der Waals surface area contributed by atoms with E-state index in [-0.39, 0.29) is 0 Å². The fourth-order valence-corrected chi connectivity index (χ4v) is 1.71. The minimum atomic E-state index is 0.493. The van der Waals surface area contributed by atoms with E-state index in [1.807, 2.05) is 12.3 Å². The van der Waals surface area contributed by atoms with Gasteiger partial charge in [-0.15, -0.1) is 11.3 Å². The third-order valence-corrected chi connectivity index (χ3v) is 2.40. The second-order valence-corrected chi connectivity index (χ2v) is 3.43. The van der Waals surface area contributed by atoms with Crippen LogP contribution in [0.5, 0.6) is 0 Å². The van der Waals surface area contributed by atoms with Crippen LogP contribution in [0.3, 0.4) is 0 Å². The summed E-state index contributed by atoms with van der Waals surface area (Å²) in [4.78, 5) is 14.4. The molecular formula is C8H7N3OS. The molecule has 0 unspecified atom stereocenters. The van der Waals surface area contributed by atoms with Gasteiger partial charge in [0.05, 0.1) is 6.54 Å². The van der Waals surface area contributed by atoms with Gasteiger partial charge in [-0.2, -0.15) is 5.10 Å². The lowest BCUT2D eigenvalue weighted by Gasteiger charge is -1.94. The predicted octanol–water partition coefficient (Wildman–Crippen LogP) is 1.20. The Morgan fingerprint density at radius 2 is 2.54 bits per heavy atom. The Bertz CT molecular complexity index is 393. The van der Waals surface area contributed by atoms with E-state index in [9.17, 15) is 4.79 Å². The van der Waals surface area contributed by atoms with Crippen LogP contribution >= 0.6 is 11.3 Å². The molecule has 0 saturated heterocycles. The summed E-state index contributed by atoms with van der Waals surface area (Å²) in [7, 11) is 0. The van der Waals surface area contributed by atoms with Crippen molar-refractivity contribution in [3.8, 4) is 0 Å². The van der Waals surface area contributed by atoms with Crippen molar-refractivity contribution in [3.05, 3.63) is 34.5 Å². The smallest absolute Gasteiger partial charge is 0.169 e. The van der Waals surface area contributed by atoms with Gasteiger partial charge in [0, 0.05) is 17.8 Å². The van der Waals surface area contributed by atoms with E-state index in [1.54, 1.807) is 16.3 Å². The molecule has 2 rings (SSSR count). The van der Waals surface area contributed by atoms with Crippen LogP contribution in [0.1, 0.15) is 15.5 Å². The molecule has 0 bridgehead atoms. The standard InChI is InChI=1S/C8H7N3OS/c12-5-7-6-13-8(10-7)4-11-3-1-2-9-11/h1-3,5-6H,4H2. The van der Waals surface area contributed by atoms with Crippen LogP contribution in [0.2, 0.25) is 0 Å². The first-order valence-electron chi connectivity index (χ1n) is 3.75. The van der Waals surface area contributed by atoms with Gasteiger partial charge in [0.25, 0.3) is 0 Å². The summed E-state index contributed by atoms with van der Waals surface area (Å²) < 4.78 is 1.77. The summed E-state index contributed by atoms with van der Waals surface area (Å²) >= 11 is 1.47. The molecule has 2 aromatic rings. The number of hydrogen-bond donors (Lipinski definition) is 0. The van der Waals surface area contributed by atoms with E-state index in [4.69, 9.17) is 0 Å². The van der Waals surface area contributed by atoms with Crippen LogP contribution < -0.4 is 0 Å². The first kappa shape index (κ1) is 8.12. The third kappa shape index (κ3) is 1.81. The van der Waals surface area contributed by atoms with Crippen LogP contribution in [-0.4, -0.2) is 21.1 Å². The predicted molar refractivity (Wildman–Crippen MR) is 48.8 cm³/mol. The number of thiazole rings is 1. The summed E-state index contributed by atoms with van der Waals surface area (Å²) in [5.74, 6) is 0. The van der Waals surface area contributed by atoms with Crippen LogP contribution in [0.4, 0.5) is 0 Å². The van der Waals surface area contributed by atoms with Crippen molar-refractivity contribution in [1.29, 1.82) is 0 Å². The summed E-state index contributed by atoms with van der Waals surface area (Å²) in [6.07, 6.45) is 4.33. The summed E-state index contributed by atoms with van der Waals surface area (Å²) in [5, 5.41) is 6.68. The molecule has 0 saturated carbocycles. The number of aldehydes is 1. The molecule has 0 aliphatic carbocycles. The summed E-state index contributed by atoms with van der Waals surface area (Å²) in [6.45, 7) is 0.630. The molecule has 0 N–H and O–H groups in total. The fraction of sp³-hybridized carbons (Fsp3) is 0.125. The number of carbonyl (C=O) groups excluding carboxylic acids is 1. The van der Waals surface area contributed by atoms with Gasteiger partial charge in [-0.3, -0.25) is 9.48 Å². The average Bonchev–Trinajstić information content (AvgIpc) is 2.76. The van der Waals surface area contributed by atoms with Crippen molar-refractivity contribution in [2.75, 3.05) is 0 Å². The highest BCUT2D eigenvalue weighted by molar-refractivity contribution is 7.09. The van der Waals surface area contributed by atoms with Gasteiger partial charge in [-0.05, 0) is 6.07 Å². The number of nitrogens with zero attached hydrogens (tertiary/aromatic N) is 3. The lowest BCUT2D eigenvalue weighted by molar-refractivity contribution is 0.111. The Labute approximate surface area is 78.8 Å². The molecule has 0 aliphatic heterocycles. The molecule has 0 aromatic carbocycles. The molecule has 2 aromatic heterocycles. The van der Waals surface area contributed by atoms with E-state index >= 15 is 0 Å². The third-order valence-electron chi connectivity index (χ3n) is 1.55. The van der Waals surface area contributed by atoms with Crippen molar-refractivity contribution < 1.29 is 4.79 Å². The lowest BCUT2D eigenvalue weighted by Crippen LogP contribution is -1.99. The van der Waals surface area contributed by atoms with Crippen LogP contribution in [0.15, 0.2) is 23.8 Å². The number of hydrogen-bond acceptors (Lipinski definition) is 4. The first-order valence-corrected chi connectivity index (χ1v) is 4.63. The zero-order chi connectivity index (χ0) is 9.10. The van der Waals surface area contributed by atoms with Crippen LogP contribution in [-0.2, 0) is 6.54 Å². The van der Waals surface area contributed by atoms with Crippen molar-refractivity contribution in [2.24, 2.45) is 0 Å². The number of aromatic nitrogens is 3. The molecule has 0 amide bonds. The SMILES string of the molecule is O=Cc1csc(Cn2cccn2)n1. The number of rotatable bonds is 3. The van der Waals surface area contributed by atoms with Gasteiger partial charge in [0.1, 0.15) is 10.7 Å². The molecule has 0 atom stereocenters. The maximum Gasteiger partial charge on any atom is 0.169 e. The molecular weight excluding hydrogens is 186 g/mol. The highest BCUT2D eigenvalue weighted by Gasteiger charge is 2.01. The maximum absolute atomic E-state index is 10.3. The molecule has 0 fully saturated rings. The van der Waals surface area contributed by atoms with E-state index in [0.717, 1.165) is 11.3 Å². The normalized spacial score (nSPS) is 10.2. The van der Waals surface area contributed by atoms with E-state index in [0.29, 0.717) is 12.2 Å². The minimum Gasteiger partial charge on any atom is -0.296 e. The van der Waals surface area contributed by atoms with Gasteiger partial charge in [0.2, 0.25) is 0 Å². The molecule has 4 nitrogen and oxygen atoms in total. The highest BCUT2D eigenvalue weighted by atomic mass is 32.1. The van der Waals surface area contributed by atoms with E-state index < -0.39 is 0 Å².